The minimum absolute atomic E-state index is 0.192. The monoisotopic (exact) mass is 276 g/mol. The molecule has 0 radical (unpaired) electrons. The molecule has 0 saturated carbocycles. The van der Waals surface area contributed by atoms with Crippen molar-refractivity contribution in [1.82, 2.24) is 4.98 Å². The molecule has 0 spiro atoms. The Labute approximate surface area is 112 Å². The minimum atomic E-state index is -0.799. The zero-order valence-electron chi connectivity index (χ0n) is 10.2. The molecule has 0 aliphatic heterocycles. The van der Waals surface area contributed by atoms with Crippen molar-refractivity contribution in [2.24, 2.45) is 0 Å². The van der Waals surface area contributed by atoms with E-state index in [1.807, 2.05) is 12.1 Å². The van der Waals surface area contributed by atoms with E-state index in [9.17, 15) is 18.9 Å². The van der Waals surface area contributed by atoms with Crippen LogP contribution in [-0.4, -0.2) is 9.91 Å². The predicted molar refractivity (Wildman–Crippen MR) is 71.3 cm³/mol. The molecule has 6 heteroatoms. The van der Waals surface area contributed by atoms with Gasteiger partial charge >= 0.3 is 5.69 Å². The number of benzene rings is 2. The summed E-state index contributed by atoms with van der Waals surface area (Å²) in [4.78, 5) is 12.0. The molecule has 0 fully saturated rings. The Morgan fingerprint density at radius 3 is 2.25 bits per heavy atom. The van der Waals surface area contributed by atoms with Gasteiger partial charge in [-0.25, -0.2) is 4.39 Å². The number of aromatic amines is 1. The lowest BCUT2D eigenvalue weighted by atomic mass is 10.2. The summed E-state index contributed by atoms with van der Waals surface area (Å²) in [5.74, 6) is -0.991. The summed E-state index contributed by atoms with van der Waals surface area (Å²) >= 11 is 0. The average Bonchev–Trinajstić information content (AvgIpc) is 2.89. The van der Waals surface area contributed by atoms with E-state index in [4.69, 9.17) is 0 Å². The summed E-state index contributed by atoms with van der Waals surface area (Å²) in [5, 5.41) is 10.9. The highest BCUT2D eigenvalue weighted by Crippen LogP contribution is 2.15. The minimum Gasteiger partial charge on any atom is -0.359 e. The van der Waals surface area contributed by atoms with Crippen molar-refractivity contribution in [1.29, 1.82) is 0 Å². The van der Waals surface area contributed by atoms with Crippen LogP contribution in [0.5, 0.6) is 0 Å². The maximum absolute atomic E-state index is 12.8. The second-order valence-electron chi connectivity index (χ2n) is 3.89. The Kier molecular flexibility index (Phi) is 4.05. The predicted octanol–water partition coefficient (Wildman–Crippen LogP) is 4.04. The average molecular weight is 276 g/mol. The van der Waals surface area contributed by atoms with Gasteiger partial charge in [-0.2, -0.15) is 4.39 Å². The van der Waals surface area contributed by atoms with Crippen LogP contribution in [0.2, 0.25) is 0 Å². The van der Waals surface area contributed by atoms with Crippen molar-refractivity contribution in [2.45, 2.75) is 0 Å². The van der Waals surface area contributed by atoms with Crippen molar-refractivity contribution < 1.29 is 13.7 Å². The van der Waals surface area contributed by atoms with Crippen LogP contribution in [0.3, 0.4) is 0 Å². The number of hydrogen-bond acceptors (Lipinski definition) is 2. The fourth-order valence-corrected chi connectivity index (χ4v) is 1.65. The van der Waals surface area contributed by atoms with Crippen molar-refractivity contribution >= 4 is 16.6 Å². The number of nitrogens with one attached hydrogen (secondary N) is 1. The fourth-order valence-electron chi connectivity index (χ4n) is 1.65. The molecular formula is C14H10F2N2O2. The van der Waals surface area contributed by atoms with Crippen LogP contribution in [0, 0.1) is 21.7 Å². The van der Waals surface area contributed by atoms with Gasteiger partial charge in [0, 0.05) is 17.6 Å². The van der Waals surface area contributed by atoms with Gasteiger partial charge in [-0.3, -0.25) is 10.1 Å². The largest absolute Gasteiger partial charge is 0.359 e. The lowest BCUT2D eigenvalue weighted by Gasteiger charge is -1.89. The Morgan fingerprint density at radius 1 is 0.950 bits per heavy atom. The zero-order valence-corrected chi connectivity index (χ0v) is 10.2. The molecule has 0 atom stereocenters. The number of rotatable bonds is 1. The maximum atomic E-state index is 12.8. The van der Waals surface area contributed by atoms with Gasteiger partial charge in [0.2, 0.25) is 5.82 Å². The number of fused-ring (bicyclic) bond motifs is 1. The lowest BCUT2D eigenvalue weighted by molar-refractivity contribution is -0.387. The van der Waals surface area contributed by atoms with Crippen LogP contribution >= 0.6 is 0 Å². The quantitative estimate of drug-likeness (QED) is 0.538. The summed E-state index contributed by atoms with van der Waals surface area (Å²) in [6, 6.07) is 11.9. The third kappa shape index (κ3) is 2.97. The molecule has 0 aliphatic rings. The molecule has 1 N–H and O–H groups in total. The maximum Gasteiger partial charge on any atom is 0.304 e. The number of hydrogen-bond donors (Lipinski definition) is 1. The third-order valence-corrected chi connectivity index (χ3v) is 2.59. The van der Waals surface area contributed by atoms with Crippen LogP contribution < -0.4 is 0 Å². The molecule has 0 bridgehead atoms. The molecule has 0 aliphatic carbocycles. The number of para-hydroxylation sites is 2. The highest BCUT2D eigenvalue weighted by molar-refractivity contribution is 5.79. The summed E-state index contributed by atoms with van der Waals surface area (Å²) in [6.45, 7) is 0. The van der Waals surface area contributed by atoms with Crippen molar-refractivity contribution in [2.75, 3.05) is 0 Å². The molecule has 3 rings (SSSR count). The number of nitro groups is 1. The molecule has 2 aromatic carbocycles. The first-order chi connectivity index (χ1) is 9.59. The van der Waals surface area contributed by atoms with Crippen molar-refractivity contribution in [3.05, 3.63) is 76.5 Å². The van der Waals surface area contributed by atoms with Crippen LogP contribution in [0.1, 0.15) is 0 Å². The normalized spacial score (nSPS) is 9.90. The van der Waals surface area contributed by atoms with Gasteiger partial charge < -0.3 is 4.98 Å². The van der Waals surface area contributed by atoms with Gasteiger partial charge in [-0.15, -0.1) is 0 Å². The summed E-state index contributed by atoms with van der Waals surface area (Å²) in [6.07, 6.45) is 1.73. The van der Waals surface area contributed by atoms with E-state index in [1.165, 1.54) is 18.2 Å². The summed E-state index contributed by atoms with van der Waals surface area (Å²) in [7, 11) is 0. The molecule has 20 heavy (non-hydrogen) atoms. The van der Waals surface area contributed by atoms with Gasteiger partial charge in [-0.05, 0) is 18.2 Å². The Bertz CT molecular complexity index is 741. The zero-order chi connectivity index (χ0) is 14.5. The van der Waals surface area contributed by atoms with Crippen molar-refractivity contribution in [3.8, 4) is 0 Å². The first-order valence-corrected chi connectivity index (χ1v) is 5.70. The number of aromatic nitrogens is 1. The van der Waals surface area contributed by atoms with Crippen LogP contribution in [0.4, 0.5) is 14.5 Å². The van der Waals surface area contributed by atoms with Gasteiger partial charge in [0.05, 0.1) is 10.4 Å². The van der Waals surface area contributed by atoms with E-state index in [1.54, 1.807) is 12.3 Å². The van der Waals surface area contributed by atoms with Crippen molar-refractivity contribution in [3.63, 3.8) is 0 Å². The first-order valence-electron chi connectivity index (χ1n) is 5.70. The summed E-state index contributed by atoms with van der Waals surface area (Å²) in [5.41, 5.74) is 0.102. The lowest BCUT2D eigenvalue weighted by Crippen LogP contribution is -1.90. The van der Waals surface area contributed by atoms with Gasteiger partial charge in [0.15, 0.2) is 0 Å². The van der Waals surface area contributed by atoms with Crippen LogP contribution in [-0.2, 0) is 0 Å². The number of H-pyrrole nitrogens is 1. The number of nitrogens with zero attached hydrogens (tertiary/aromatic N) is 1. The molecule has 1 aromatic heterocycles. The highest BCUT2D eigenvalue weighted by Gasteiger charge is 2.10. The SMILES string of the molecule is Fc1cccc2cc[nH]c12.O=[N+]([O-])c1ccccc1F. The summed E-state index contributed by atoms with van der Waals surface area (Å²) < 4.78 is 25.2. The molecule has 4 nitrogen and oxygen atoms in total. The highest BCUT2D eigenvalue weighted by atomic mass is 19.1. The van der Waals surface area contributed by atoms with Gasteiger partial charge in [-0.1, -0.05) is 24.3 Å². The first kappa shape index (κ1) is 13.7. The standard InChI is InChI=1S/C8H6FN.C6H4FNO2/c9-7-3-1-2-6-4-5-10-8(6)7;7-5-3-1-2-4-6(5)8(9)10/h1-5,10H;1-4H. The topological polar surface area (TPSA) is 58.9 Å². The van der Waals surface area contributed by atoms with E-state index >= 15 is 0 Å². The molecule has 0 amide bonds. The van der Waals surface area contributed by atoms with E-state index < -0.39 is 16.4 Å². The second kappa shape index (κ2) is 5.92. The third-order valence-electron chi connectivity index (χ3n) is 2.59. The number of halogens is 2. The molecule has 3 aromatic rings. The van der Waals surface area contributed by atoms with E-state index in [0.717, 1.165) is 17.5 Å². The fraction of sp³-hybridized carbons (Fsp3) is 0. The molecular weight excluding hydrogens is 266 g/mol. The van der Waals surface area contributed by atoms with Crippen LogP contribution in [0.25, 0.3) is 10.9 Å². The molecule has 0 saturated heterocycles. The van der Waals surface area contributed by atoms with E-state index in [-0.39, 0.29) is 5.82 Å². The van der Waals surface area contributed by atoms with Gasteiger partial charge in [0.25, 0.3) is 0 Å². The Morgan fingerprint density at radius 2 is 1.65 bits per heavy atom. The Balaban J connectivity index is 0.000000147. The molecule has 102 valence electrons. The number of nitro benzene ring substituents is 1. The van der Waals surface area contributed by atoms with E-state index in [2.05, 4.69) is 4.98 Å². The smallest absolute Gasteiger partial charge is 0.304 e. The van der Waals surface area contributed by atoms with Crippen LogP contribution in [0.15, 0.2) is 54.7 Å². The van der Waals surface area contributed by atoms with E-state index in [0.29, 0.717) is 5.52 Å². The molecule has 1 heterocycles. The molecule has 0 unspecified atom stereocenters. The van der Waals surface area contributed by atoms with Gasteiger partial charge in [0.1, 0.15) is 5.82 Å². The second-order valence-corrected chi connectivity index (χ2v) is 3.89. The Hall–Kier alpha value is -2.76.